The minimum Gasteiger partial charge on any atom is -0.480 e. The van der Waals surface area contributed by atoms with Crippen LogP contribution in [0.25, 0.3) is 0 Å². The molecule has 15 N–H and O–H groups in total. The number of nitrogens with two attached hydrogens (primary N) is 5. The van der Waals surface area contributed by atoms with Crippen LogP contribution in [0.4, 0.5) is 0 Å². The van der Waals surface area contributed by atoms with Gasteiger partial charge in [-0.3, -0.25) is 29.0 Å². The number of nitrogens with one attached hydrogen (secondary N) is 3. The molecule has 0 saturated carbocycles. The Morgan fingerprint density at radius 1 is 0.829 bits per heavy atom. The first kappa shape index (κ1) is 31.0. The van der Waals surface area contributed by atoms with E-state index in [1.54, 1.807) is 0 Å². The van der Waals surface area contributed by atoms with Crippen molar-refractivity contribution in [2.75, 3.05) is 6.54 Å². The maximum Gasteiger partial charge on any atom is 0.328 e. The van der Waals surface area contributed by atoms with Gasteiger partial charge in [0, 0.05) is 6.54 Å². The summed E-state index contributed by atoms with van der Waals surface area (Å²) in [7, 11) is 0. The zero-order valence-electron chi connectivity index (χ0n) is 19.1. The summed E-state index contributed by atoms with van der Waals surface area (Å²) in [6.07, 6.45) is -2.51. The highest BCUT2D eigenvalue weighted by Gasteiger charge is 2.33. The quantitative estimate of drug-likeness (QED) is 0.0536. The van der Waals surface area contributed by atoms with E-state index in [4.69, 9.17) is 33.8 Å². The van der Waals surface area contributed by atoms with Crippen LogP contribution in [0, 0.1) is 0 Å². The third kappa shape index (κ3) is 12.7. The first-order valence-corrected chi connectivity index (χ1v) is 10.3. The number of aliphatic imine (C=N–C) groups is 1. The maximum absolute atomic E-state index is 12.7. The number of carbonyl (C=O) groups is 6. The first-order chi connectivity index (χ1) is 16.1. The molecule has 0 aromatic carbocycles. The van der Waals surface area contributed by atoms with Gasteiger partial charge in [0.2, 0.25) is 29.5 Å². The second kappa shape index (κ2) is 15.0. The van der Waals surface area contributed by atoms with E-state index in [1.807, 2.05) is 5.32 Å². The van der Waals surface area contributed by atoms with Crippen LogP contribution in [-0.4, -0.2) is 88.5 Å². The van der Waals surface area contributed by atoms with Crippen LogP contribution in [0.2, 0.25) is 0 Å². The van der Waals surface area contributed by atoms with Gasteiger partial charge in [-0.1, -0.05) is 0 Å². The Hall–Kier alpha value is -3.99. The van der Waals surface area contributed by atoms with Gasteiger partial charge in [-0.15, -0.1) is 0 Å². The zero-order valence-corrected chi connectivity index (χ0v) is 19.1. The van der Waals surface area contributed by atoms with Gasteiger partial charge in [0.05, 0.1) is 25.0 Å². The average molecular weight is 504 g/mol. The molecule has 0 spiro atoms. The van der Waals surface area contributed by atoms with E-state index in [1.165, 1.54) is 0 Å². The number of amides is 5. The van der Waals surface area contributed by atoms with E-state index in [0.29, 0.717) is 6.42 Å². The van der Waals surface area contributed by atoms with Crippen LogP contribution in [0.1, 0.15) is 32.6 Å². The molecule has 5 amide bonds. The van der Waals surface area contributed by atoms with Crippen LogP contribution in [0.3, 0.4) is 0 Å². The summed E-state index contributed by atoms with van der Waals surface area (Å²) >= 11 is 0. The Bertz CT molecular complexity index is 829. The van der Waals surface area contributed by atoms with Crippen molar-refractivity contribution in [1.82, 2.24) is 16.0 Å². The van der Waals surface area contributed by atoms with Crippen LogP contribution < -0.4 is 44.6 Å². The normalized spacial score (nSPS) is 14.8. The number of carbonyl (C=O) groups excluding carboxylic acids is 5. The summed E-state index contributed by atoms with van der Waals surface area (Å²) in [6, 6.07) is -6.15. The average Bonchev–Trinajstić information content (AvgIpc) is 2.72. The lowest BCUT2D eigenvalue weighted by Gasteiger charge is -2.25. The highest BCUT2D eigenvalue weighted by Crippen LogP contribution is 2.02. The number of aliphatic hydroxyl groups excluding tert-OH is 1. The minimum atomic E-state index is -1.76. The van der Waals surface area contributed by atoms with Gasteiger partial charge in [0.1, 0.15) is 12.1 Å². The molecule has 17 nitrogen and oxygen atoms in total. The van der Waals surface area contributed by atoms with Crippen molar-refractivity contribution in [1.29, 1.82) is 0 Å². The highest BCUT2D eigenvalue weighted by molar-refractivity contribution is 5.97. The number of hydrogen-bond donors (Lipinski definition) is 10. The smallest absolute Gasteiger partial charge is 0.328 e. The van der Waals surface area contributed by atoms with Gasteiger partial charge in [-0.25, -0.2) is 4.79 Å². The first-order valence-electron chi connectivity index (χ1n) is 10.3. The molecule has 0 aromatic rings. The number of guanidine groups is 1. The molecule has 17 heteroatoms. The lowest BCUT2D eigenvalue weighted by molar-refractivity contribution is -0.145. The van der Waals surface area contributed by atoms with Gasteiger partial charge < -0.3 is 54.8 Å². The number of aliphatic hydroxyl groups is 1. The lowest BCUT2D eigenvalue weighted by atomic mass is 10.1. The Kier molecular flexibility index (Phi) is 13.3. The molecule has 5 unspecified atom stereocenters. The molecule has 0 bridgehead atoms. The monoisotopic (exact) mass is 503 g/mol. The molecule has 0 radical (unpaired) electrons. The molecular formula is C18H33N9O8. The molecule has 35 heavy (non-hydrogen) atoms. The molecule has 5 atom stereocenters. The second-order valence-corrected chi connectivity index (χ2v) is 7.58. The molecule has 0 rings (SSSR count). The molecular weight excluding hydrogens is 470 g/mol. The fraction of sp³-hybridized carbons (Fsp3) is 0.611. The van der Waals surface area contributed by atoms with Gasteiger partial charge in [0.15, 0.2) is 12.0 Å². The number of nitrogens with zero attached hydrogens (tertiary/aromatic N) is 1. The molecule has 0 heterocycles. The lowest BCUT2D eigenvalue weighted by Crippen LogP contribution is -2.59. The number of hydrogen-bond acceptors (Lipinski definition) is 9. The standard InChI is InChI=1S/C18H33N9O8/c1-7(28)13(17(34)35)27-16(33)10(6-12(21)30)26-15(32)9(5-11(20)29)25-14(31)8(19)3-2-4-24-18(22)23/h7-10,13,28H,2-6,19H2,1H3,(H2,20,29)(H2,21,30)(H,25,31)(H,26,32)(H,27,33)(H,34,35)(H4,22,23,24). The van der Waals surface area contributed by atoms with Gasteiger partial charge >= 0.3 is 5.97 Å². The number of aliphatic carboxylic acids is 1. The predicted molar refractivity (Wildman–Crippen MR) is 121 cm³/mol. The summed E-state index contributed by atoms with van der Waals surface area (Å²) in [6.45, 7) is 1.29. The number of primary amides is 2. The molecule has 0 aromatic heterocycles. The fourth-order valence-corrected chi connectivity index (χ4v) is 2.66. The maximum atomic E-state index is 12.7. The predicted octanol–water partition coefficient (Wildman–Crippen LogP) is -5.96. The van der Waals surface area contributed by atoms with E-state index in [9.17, 15) is 33.9 Å². The number of rotatable bonds is 16. The zero-order chi connectivity index (χ0) is 27.3. The number of carboxylic acid groups (broad SMARTS) is 1. The van der Waals surface area contributed by atoms with Crippen molar-refractivity contribution < 1.29 is 39.0 Å². The summed E-state index contributed by atoms with van der Waals surface area (Å²) in [4.78, 5) is 75.2. The largest absolute Gasteiger partial charge is 0.480 e. The SMILES string of the molecule is CC(O)C(NC(=O)C(CC(N)=O)NC(=O)C(CC(N)=O)NC(=O)C(N)CCCN=C(N)N)C(=O)O. The summed E-state index contributed by atoms with van der Waals surface area (Å²) in [5.74, 6) is -6.83. The third-order valence-corrected chi connectivity index (χ3v) is 4.43. The van der Waals surface area contributed by atoms with Crippen LogP contribution in [-0.2, 0) is 28.8 Å². The third-order valence-electron chi connectivity index (χ3n) is 4.43. The van der Waals surface area contributed by atoms with Crippen molar-refractivity contribution >= 4 is 41.5 Å². The minimum absolute atomic E-state index is 0.121. The summed E-state index contributed by atoms with van der Waals surface area (Å²) < 4.78 is 0. The van der Waals surface area contributed by atoms with E-state index in [0.717, 1.165) is 6.92 Å². The van der Waals surface area contributed by atoms with Crippen LogP contribution in [0.5, 0.6) is 0 Å². The molecule has 0 aliphatic rings. The van der Waals surface area contributed by atoms with Gasteiger partial charge in [-0.05, 0) is 19.8 Å². The fourth-order valence-electron chi connectivity index (χ4n) is 2.66. The van der Waals surface area contributed by atoms with Crippen LogP contribution >= 0.6 is 0 Å². The van der Waals surface area contributed by atoms with Crippen molar-refractivity contribution in [2.45, 2.75) is 62.9 Å². The van der Waals surface area contributed by atoms with E-state index >= 15 is 0 Å². The molecule has 0 fully saturated rings. The Morgan fingerprint density at radius 2 is 1.29 bits per heavy atom. The van der Waals surface area contributed by atoms with Crippen molar-refractivity contribution in [3.05, 3.63) is 0 Å². The summed E-state index contributed by atoms with van der Waals surface area (Å²) in [5, 5.41) is 24.9. The topological polar surface area (TPSA) is 321 Å². The van der Waals surface area contributed by atoms with Gasteiger partial charge in [-0.2, -0.15) is 0 Å². The van der Waals surface area contributed by atoms with Crippen LogP contribution in [0.15, 0.2) is 4.99 Å². The van der Waals surface area contributed by atoms with Crippen molar-refractivity contribution in [3.63, 3.8) is 0 Å². The van der Waals surface area contributed by atoms with Crippen molar-refractivity contribution in [3.8, 4) is 0 Å². The van der Waals surface area contributed by atoms with E-state index in [2.05, 4.69) is 15.6 Å². The Labute approximate surface area is 200 Å². The number of carboxylic acids is 1. The molecule has 0 aliphatic carbocycles. The van der Waals surface area contributed by atoms with E-state index in [-0.39, 0.29) is 18.9 Å². The van der Waals surface area contributed by atoms with Crippen molar-refractivity contribution in [2.24, 2.45) is 33.7 Å². The molecule has 0 saturated heterocycles. The molecule has 0 aliphatic heterocycles. The highest BCUT2D eigenvalue weighted by atomic mass is 16.4. The molecule has 198 valence electrons. The second-order valence-electron chi connectivity index (χ2n) is 7.58. The van der Waals surface area contributed by atoms with E-state index < -0.39 is 78.6 Å². The summed E-state index contributed by atoms with van der Waals surface area (Å²) in [5.41, 5.74) is 26.4. The Balaban J connectivity index is 5.43. The Morgan fingerprint density at radius 3 is 1.69 bits per heavy atom. The van der Waals surface area contributed by atoms with Gasteiger partial charge in [0.25, 0.3) is 0 Å².